The van der Waals surface area contributed by atoms with E-state index in [0.29, 0.717) is 0 Å². The quantitative estimate of drug-likeness (QED) is 0.692. The van der Waals surface area contributed by atoms with Gasteiger partial charge in [0.2, 0.25) is 0 Å². The Hall–Kier alpha value is -1.46. The van der Waals surface area contributed by atoms with Gasteiger partial charge in [-0.1, -0.05) is 18.2 Å². The highest BCUT2D eigenvalue weighted by Gasteiger charge is 2.40. The number of aliphatic carboxylic acids is 1. The molecule has 1 aromatic carbocycles. The van der Waals surface area contributed by atoms with Gasteiger partial charge in [0.15, 0.2) is 5.60 Å². The minimum Gasteiger partial charge on any atom is -0.479 e. The maximum absolute atomic E-state index is 13.2. The lowest BCUT2D eigenvalue weighted by Gasteiger charge is -2.24. The molecule has 0 aliphatic rings. The zero-order chi connectivity index (χ0) is 11.6. The Balaban J connectivity index is 3.10. The molecule has 0 heterocycles. The predicted octanol–water partition coefficient (Wildman–Crippen LogP) is 0.695. The van der Waals surface area contributed by atoms with Crippen molar-refractivity contribution in [3.63, 3.8) is 0 Å². The zero-order valence-electron chi connectivity index (χ0n) is 8.01. The maximum atomic E-state index is 13.2. The smallest absolute Gasteiger partial charge is 0.338 e. The number of rotatable bonds is 3. The first-order valence-corrected chi connectivity index (χ1v) is 4.25. The van der Waals surface area contributed by atoms with Crippen LogP contribution in [-0.2, 0) is 4.79 Å². The molecule has 1 unspecified atom stereocenters. The number of carboxylic acids is 1. The van der Waals surface area contributed by atoms with E-state index in [4.69, 9.17) is 5.11 Å². The van der Waals surface area contributed by atoms with E-state index in [1.165, 1.54) is 18.2 Å². The number of halogens is 1. The average Bonchev–Trinajstić information content (AvgIpc) is 2.17. The van der Waals surface area contributed by atoms with Gasteiger partial charge in [0, 0.05) is 5.56 Å². The molecule has 82 valence electrons. The molecular formula is C10H11FO4. The highest BCUT2D eigenvalue weighted by atomic mass is 19.1. The number of aliphatic hydroxyl groups is 2. The molecule has 0 saturated heterocycles. The van der Waals surface area contributed by atoms with Crippen molar-refractivity contribution in [2.75, 3.05) is 0 Å². The molecule has 2 atom stereocenters. The van der Waals surface area contributed by atoms with Crippen molar-refractivity contribution in [2.45, 2.75) is 18.6 Å². The van der Waals surface area contributed by atoms with Crippen molar-refractivity contribution in [3.05, 3.63) is 35.6 Å². The summed E-state index contributed by atoms with van der Waals surface area (Å²) in [5.41, 5.74) is -2.66. The number of benzene rings is 1. The van der Waals surface area contributed by atoms with Gasteiger partial charge < -0.3 is 15.3 Å². The highest BCUT2D eigenvalue weighted by molar-refractivity contribution is 5.77. The minimum absolute atomic E-state index is 0.245. The largest absolute Gasteiger partial charge is 0.479 e. The van der Waals surface area contributed by atoms with Crippen molar-refractivity contribution in [1.29, 1.82) is 0 Å². The summed E-state index contributed by atoms with van der Waals surface area (Å²) in [4.78, 5) is 10.6. The van der Waals surface area contributed by atoms with Gasteiger partial charge in [-0.3, -0.25) is 0 Å². The Morgan fingerprint density at radius 3 is 2.47 bits per heavy atom. The van der Waals surface area contributed by atoms with E-state index in [2.05, 4.69) is 0 Å². The van der Waals surface area contributed by atoms with Gasteiger partial charge in [0.1, 0.15) is 11.9 Å². The van der Waals surface area contributed by atoms with Crippen molar-refractivity contribution in [2.24, 2.45) is 0 Å². The third-order valence-electron chi connectivity index (χ3n) is 2.17. The molecule has 0 saturated carbocycles. The molecular weight excluding hydrogens is 203 g/mol. The Bertz CT molecular complexity index is 375. The minimum atomic E-state index is -2.41. The molecule has 0 aliphatic heterocycles. The molecule has 0 aromatic heterocycles. The summed E-state index contributed by atoms with van der Waals surface area (Å²) < 4.78 is 13.2. The molecule has 0 radical (unpaired) electrons. The molecule has 0 bridgehead atoms. The molecule has 1 rings (SSSR count). The van der Waals surface area contributed by atoms with Crippen LogP contribution in [0.3, 0.4) is 0 Å². The molecule has 0 amide bonds. The topological polar surface area (TPSA) is 77.8 Å². The monoisotopic (exact) mass is 214 g/mol. The second kappa shape index (κ2) is 3.96. The molecule has 0 fully saturated rings. The van der Waals surface area contributed by atoms with Gasteiger partial charge in [0.25, 0.3) is 0 Å². The van der Waals surface area contributed by atoms with Crippen molar-refractivity contribution >= 4 is 5.97 Å². The molecule has 5 heteroatoms. The molecule has 0 spiro atoms. The summed E-state index contributed by atoms with van der Waals surface area (Å²) in [5.74, 6) is -2.37. The fraction of sp³-hybridized carbons (Fsp3) is 0.300. The summed E-state index contributed by atoms with van der Waals surface area (Å²) in [5, 5.41) is 27.6. The van der Waals surface area contributed by atoms with E-state index in [9.17, 15) is 19.4 Å². The Morgan fingerprint density at radius 2 is 2.00 bits per heavy atom. The van der Waals surface area contributed by atoms with Crippen LogP contribution in [0.25, 0.3) is 0 Å². The normalized spacial score (nSPS) is 16.8. The first kappa shape index (κ1) is 11.6. The van der Waals surface area contributed by atoms with E-state index in [-0.39, 0.29) is 5.56 Å². The lowest BCUT2D eigenvalue weighted by molar-refractivity contribution is -0.169. The van der Waals surface area contributed by atoms with Crippen LogP contribution < -0.4 is 0 Å². The summed E-state index contributed by atoms with van der Waals surface area (Å²) in [6.45, 7) is 0.909. The van der Waals surface area contributed by atoms with Crippen molar-refractivity contribution < 1.29 is 24.5 Å². The van der Waals surface area contributed by atoms with E-state index in [1.807, 2.05) is 0 Å². The van der Waals surface area contributed by atoms with Crippen molar-refractivity contribution in [1.82, 2.24) is 0 Å². The second-order valence-corrected chi connectivity index (χ2v) is 3.38. The molecule has 4 nitrogen and oxygen atoms in total. The molecule has 1 aromatic rings. The molecule has 0 aliphatic carbocycles. The Morgan fingerprint density at radius 1 is 1.47 bits per heavy atom. The van der Waals surface area contributed by atoms with Gasteiger partial charge in [0.05, 0.1) is 0 Å². The third kappa shape index (κ3) is 2.14. The second-order valence-electron chi connectivity index (χ2n) is 3.38. The van der Waals surface area contributed by atoms with Crippen LogP contribution in [-0.4, -0.2) is 26.9 Å². The van der Waals surface area contributed by atoms with Gasteiger partial charge >= 0.3 is 5.97 Å². The van der Waals surface area contributed by atoms with Crippen LogP contribution in [0.2, 0.25) is 0 Å². The lowest BCUT2D eigenvalue weighted by Crippen LogP contribution is -2.41. The van der Waals surface area contributed by atoms with Crippen molar-refractivity contribution in [3.8, 4) is 0 Å². The highest BCUT2D eigenvalue weighted by Crippen LogP contribution is 2.27. The van der Waals surface area contributed by atoms with Gasteiger partial charge in [-0.2, -0.15) is 0 Å². The fourth-order valence-corrected chi connectivity index (χ4v) is 1.12. The van der Waals surface area contributed by atoms with E-state index < -0.39 is 23.5 Å². The standard InChI is InChI=1S/C10H11FO4/c1-10(15,9(13)14)8(12)6-4-2-3-5-7(6)11/h2-5,8,12,15H,1H3,(H,13,14)/t8-,10?/m1/s1. The van der Waals surface area contributed by atoms with Crippen LogP contribution in [0.15, 0.2) is 24.3 Å². The van der Waals surface area contributed by atoms with E-state index in [1.54, 1.807) is 0 Å². The van der Waals surface area contributed by atoms with Crippen LogP contribution in [0, 0.1) is 5.82 Å². The van der Waals surface area contributed by atoms with Crippen LogP contribution in [0.5, 0.6) is 0 Å². The summed E-state index contributed by atoms with van der Waals surface area (Å²) in [6, 6.07) is 5.15. The number of hydrogen-bond donors (Lipinski definition) is 3. The first-order valence-electron chi connectivity index (χ1n) is 4.25. The summed E-state index contributed by atoms with van der Waals surface area (Å²) in [7, 11) is 0. The number of aliphatic hydroxyl groups excluding tert-OH is 1. The predicted molar refractivity (Wildman–Crippen MR) is 49.6 cm³/mol. The van der Waals surface area contributed by atoms with Crippen LogP contribution >= 0.6 is 0 Å². The van der Waals surface area contributed by atoms with E-state index in [0.717, 1.165) is 13.0 Å². The number of carboxylic acid groups (broad SMARTS) is 1. The van der Waals surface area contributed by atoms with E-state index >= 15 is 0 Å². The van der Waals surface area contributed by atoms with Gasteiger partial charge in [-0.05, 0) is 13.0 Å². The Labute approximate surface area is 85.6 Å². The first-order chi connectivity index (χ1) is 6.87. The number of carbonyl (C=O) groups is 1. The third-order valence-corrected chi connectivity index (χ3v) is 2.17. The Kier molecular flexibility index (Phi) is 3.06. The van der Waals surface area contributed by atoms with Gasteiger partial charge in [-0.15, -0.1) is 0 Å². The lowest BCUT2D eigenvalue weighted by atomic mass is 9.93. The summed E-state index contributed by atoms with van der Waals surface area (Å²) >= 11 is 0. The number of hydrogen-bond acceptors (Lipinski definition) is 3. The van der Waals surface area contributed by atoms with Gasteiger partial charge in [-0.25, -0.2) is 9.18 Å². The SMILES string of the molecule is CC(O)(C(=O)O)[C@H](O)c1ccccc1F. The summed E-state index contributed by atoms with van der Waals surface area (Å²) in [6.07, 6.45) is -1.81. The average molecular weight is 214 g/mol. The van der Waals surface area contributed by atoms with Crippen LogP contribution in [0.1, 0.15) is 18.6 Å². The fourth-order valence-electron chi connectivity index (χ4n) is 1.12. The maximum Gasteiger partial charge on any atom is 0.338 e. The van der Waals surface area contributed by atoms with Crippen LogP contribution in [0.4, 0.5) is 4.39 Å². The zero-order valence-corrected chi connectivity index (χ0v) is 8.01. The molecule has 3 N–H and O–H groups in total. The molecule has 15 heavy (non-hydrogen) atoms.